The van der Waals surface area contributed by atoms with Crippen LogP contribution in [0.2, 0.25) is 5.02 Å². The van der Waals surface area contributed by atoms with Gasteiger partial charge in [-0.15, -0.1) is 0 Å². The van der Waals surface area contributed by atoms with Crippen molar-refractivity contribution in [3.63, 3.8) is 0 Å². The minimum atomic E-state index is 0.584. The van der Waals surface area contributed by atoms with Crippen molar-refractivity contribution in [1.29, 1.82) is 0 Å². The Balaban J connectivity index is 1.25. The Kier molecular flexibility index (Phi) is 7.11. The molecule has 0 radical (unpaired) electrons. The Bertz CT molecular complexity index is 1210. The predicted octanol–water partition coefficient (Wildman–Crippen LogP) is 7.31. The van der Waals surface area contributed by atoms with Crippen molar-refractivity contribution in [3.05, 3.63) is 71.2 Å². The molecule has 0 spiro atoms. The van der Waals surface area contributed by atoms with Crippen molar-refractivity contribution in [3.8, 4) is 5.75 Å². The van der Waals surface area contributed by atoms with Gasteiger partial charge in [0.25, 0.3) is 0 Å². The van der Waals surface area contributed by atoms with Crippen molar-refractivity contribution in [2.75, 3.05) is 19.7 Å². The molecule has 170 valence electrons. The summed E-state index contributed by atoms with van der Waals surface area (Å²) in [6.07, 6.45) is 2.25. The molecule has 0 amide bonds. The number of ether oxygens (including phenoxy) is 1. The summed E-state index contributed by atoms with van der Waals surface area (Å²) in [5.41, 5.74) is 2.99. The van der Waals surface area contributed by atoms with E-state index in [2.05, 4.69) is 51.0 Å². The van der Waals surface area contributed by atoms with E-state index in [0.717, 1.165) is 62.4 Å². The van der Waals surface area contributed by atoms with E-state index in [1.165, 1.54) is 5.56 Å². The first-order valence-electron chi connectivity index (χ1n) is 11.0. The molecule has 3 aromatic carbocycles. The Morgan fingerprint density at radius 3 is 2.30 bits per heavy atom. The highest BCUT2D eigenvalue weighted by Gasteiger charge is 2.23. The van der Waals surface area contributed by atoms with Gasteiger partial charge < -0.3 is 4.74 Å². The molecule has 0 unspecified atom stereocenters. The first-order chi connectivity index (χ1) is 16.2. The Labute approximate surface area is 206 Å². The molecule has 8 heteroatoms. The van der Waals surface area contributed by atoms with E-state index in [9.17, 15) is 0 Å². The zero-order valence-electron chi connectivity index (χ0n) is 18.2. The van der Waals surface area contributed by atoms with Crippen LogP contribution in [0.1, 0.15) is 31.2 Å². The summed E-state index contributed by atoms with van der Waals surface area (Å²) in [4.78, 5) is 3.22. The molecule has 5 rings (SSSR count). The van der Waals surface area contributed by atoms with Crippen molar-refractivity contribution in [2.45, 2.75) is 40.4 Å². The van der Waals surface area contributed by atoms with Gasteiger partial charge in [-0.05, 0) is 102 Å². The molecule has 0 atom stereocenters. The summed E-state index contributed by atoms with van der Waals surface area (Å²) in [5, 5.41) is 9.21. The third-order valence-corrected chi connectivity index (χ3v) is 8.19. The number of hydrogen-bond acceptors (Lipinski definition) is 7. The maximum atomic E-state index is 6.04. The van der Waals surface area contributed by atoms with Crippen molar-refractivity contribution in [1.82, 2.24) is 14.6 Å². The summed E-state index contributed by atoms with van der Waals surface area (Å²) < 4.78 is 13.1. The van der Waals surface area contributed by atoms with E-state index in [0.29, 0.717) is 12.5 Å². The average molecular weight is 498 g/mol. The lowest BCUT2D eigenvalue weighted by Crippen LogP contribution is -2.27. The van der Waals surface area contributed by atoms with Gasteiger partial charge in [0, 0.05) is 27.9 Å². The SMILES string of the molecule is CCOc1ccc(Sc2ccc(SN3CCC(c4ccc(Cl)cc4)CC3)c3nonc23)cc1. The maximum absolute atomic E-state index is 6.04. The third-order valence-electron chi connectivity index (χ3n) is 5.73. The summed E-state index contributed by atoms with van der Waals surface area (Å²) in [7, 11) is 0. The highest BCUT2D eigenvalue weighted by Crippen LogP contribution is 2.39. The van der Waals surface area contributed by atoms with Crippen LogP contribution in [0.15, 0.2) is 80.0 Å². The molecule has 0 bridgehead atoms. The summed E-state index contributed by atoms with van der Waals surface area (Å²) in [5.74, 6) is 1.46. The number of halogens is 1. The van der Waals surface area contributed by atoms with Crippen LogP contribution in [0.3, 0.4) is 0 Å². The average Bonchev–Trinajstić information content (AvgIpc) is 3.34. The van der Waals surface area contributed by atoms with Crippen molar-refractivity contribution in [2.24, 2.45) is 0 Å². The van der Waals surface area contributed by atoms with Gasteiger partial charge in [0.15, 0.2) is 5.52 Å². The van der Waals surface area contributed by atoms with Gasteiger partial charge in [-0.1, -0.05) is 35.5 Å². The van der Waals surface area contributed by atoms with Gasteiger partial charge in [0.2, 0.25) is 0 Å². The molecule has 0 saturated carbocycles. The van der Waals surface area contributed by atoms with Crippen LogP contribution in [0.5, 0.6) is 5.75 Å². The number of hydrogen-bond donors (Lipinski definition) is 0. The van der Waals surface area contributed by atoms with Crippen LogP contribution in [0, 0.1) is 0 Å². The normalized spacial score (nSPS) is 15.2. The van der Waals surface area contributed by atoms with E-state index < -0.39 is 0 Å². The standard InChI is InChI=1S/C25H24ClN3O2S2/c1-2-30-20-7-9-21(10-8-20)32-22-11-12-23(25-24(22)27-31-28-25)33-29-15-13-18(14-16-29)17-3-5-19(26)6-4-17/h3-12,18H,2,13-16H2,1H3. The highest BCUT2D eigenvalue weighted by molar-refractivity contribution is 7.99. The van der Waals surface area contributed by atoms with Crippen LogP contribution < -0.4 is 4.74 Å². The monoisotopic (exact) mass is 497 g/mol. The Hall–Kier alpha value is -2.19. The van der Waals surface area contributed by atoms with Crippen molar-refractivity contribution < 1.29 is 9.37 Å². The van der Waals surface area contributed by atoms with E-state index in [-0.39, 0.29) is 0 Å². The molecule has 0 N–H and O–H groups in total. The van der Waals surface area contributed by atoms with Gasteiger partial charge in [-0.25, -0.2) is 8.93 Å². The number of rotatable bonds is 7. The number of piperidine rings is 1. The van der Waals surface area contributed by atoms with Crippen LogP contribution in [0.4, 0.5) is 0 Å². The fraction of sp³-hybridized carbons (Fsp3) is 0.280. The molecule has 1 aliphatic heterocycles. The quantitative estimate of drug-likeness (QED) is 0.248. The smallest absolute Gasteiger partial charge is 0.151 e. The molecule has 1 aromatic heterocycles. The number of nitrogens with zero attached hydrogens (tertiary/aromatic N) is 3. The summed E-state index contributed by atoms with van der Waals surface area (Å²) in [6.45, 7) is 4.69. The number of benzene rings is 3. The van der Waals surface area contributed by atoms with Crippen LogP contribution in [-0.2, 0) is 0 Å². The largest absolute Gasteiger partial charge is 0.494 e. The molecule has 5 nitrogen and oxygen atoms in total. The first kappa shape index (κ1) is 22.6. The predicted molar refractivity (Wildman–Crippen MR) is 134 cm³/mol. The lowest BCUT2D eigenvalue weighted by Gasteiger charge is -2.31. The van der Waals surface area contributed by atoms with E-state index in [1.807, 2.05) is 31.2 Å². The second kappa shape index (κ2) is 10.4. The van der Waals surface area contributed by atoms with Gasteiger partial charge in [-0.3, -0.25) is 0 Å². The maximum Gasteiger partial charge on any atom is 0.151 e. The molecule has 4 aromatic rings. The summed E-state index contributed by atoms with van der Waals surface area (Å²) >= 11 is 9.44. The van der Waals surface area contributed by atoms with Crippen molar-refractivity contribution >= 4 is 46.3 Å². The Morgan fingerprint density at radius 2 is 1.61 bits per heavy atom. The van der Waals surface area contributed by atoms with Gasteiger partial charge >= 0.3 is 0 Å². The minimum Gasteiger partial charge on any atom is -0.494 e. The zero-order valence-corrected chi connectivity index (χ0v) is 20.6. The lowest BCUT2D eigenvalue weighted by molar-refractivity contribution is 0.314. The zero-order chi connectivity index (χ0) is 22.6. The van der Waals surface area contributed by atoms with Crippen LogP contribution in [0.25, 0.3) is 11.0 Å². The van der Waals surface area contributed by atoms with Crippen LogP contribution in [-0.4, -0.2) is 34.3 Å². The molecular formula is C25H24ClN3O2S2. The number of aromatic nitrogens is 2. The molecule has 1 aliphatic rings. The van der Waals surface area contributed by atoms with Gasteiger partial charge in [-0.2, -0.15) is 0 Å². The molecule has 1 saturated heterocycles. The second-order valence-electron chi connectivity index (χ2n) is 7.88. The minimum absolute atomic E-state index is 0.584. The first-order valence-corrected chi connectivity index (χ1v) is 13.0. The molecule has 2 heterocycles. The van der Waals surface area contributed by atoms with Gasteiger partial charge in [0.1, 0.15) is 11.3 Å². The fourth-order valence-corrected chi connectivity index (χ4v) is 6.07. The fourth-order valence-electron chi connectivity index (χ4n) is 4.03. The van der Waals surface area contributed by atoms with Gasteiger partial charge in [0.05, 0.1) is 11.5 Å². The summed E-state index contributed by atoms with van der Waals surface area (Å²) in [6, 6.07) is 20.6. The lowest BCUT2D eigenvalue weighted by atomic mass is 9.90. The van der Waals surface area contributed by atoms with Crippen LogP contribution >= 0.6 is 35.3 Å². The third kappa shape index (κ3) is 5.32. The highest BCUT2D eigenvalue weighted by atomic mass is 35.5. The van der Waals surface area contributed by atoms with E-state index in [4.69, 9.17) is 21.0 Å². The molecule has 1 fully saturated rings. The molecule has 0 aliphatic carbocycles. The molecule has 33 heavy (non-hydrogen) atoms. The van der Waals surface area contributed by atoms with E-state index in [1.54, 1.807) is 23.7 Å². The topological polar surface area (TPSA) is 51.4 Å². The molecular weight excluding hydrogens is 474 g/mol. The number of fused-ring (bicyclic) bond motifs is 1. The van der Waals surface area contributed by atoms with E-state index >= 15 is 0 Å². The Morgan fingerprint density at radius 1 is 0.939 bits per heavy atom. The second-order valence-corrected chi connectivity index (χ2v) is 10.6.